The molecule has 0 radical (unpaired) electrons. The molecule has 1 saturated carbocycles. The number of hydrogen-bond acceptors (Lipinski definition) is 2. The van der Waals surface area contributed by atoms with Crippen molar-refractivity contribution in [3.8, 4) is 0 Å². The van der Waals surface area contributed by atoms with Gasteiger partial charge in [-0.3, -0.25) is 20.0 Å². The van der Waals surface area contributed by atoms with Crippen molar-refractivity contribution in [2.75, 3.05) is 6.54 Å². The summed E-state index contributed by atoms with van der Waals surface area (Å²) in [5.74, 6) is 0.248. The van der Waals surface area contributed by atoms with E-state index in [0.29, 0.717) is 13.0 Å². The first-order chi connectivity index (χ1) is 5.77. The van der Waals surface area contributed by atoms with Crippen LogP contribution in [0.3, 0.4) is 0 Å². The molecule has 66 valence electrons. The molecule has 0 bridgehead atoms. The molecular formula is C8H12N2O2. The molecule has 1 aliphatic carbocycles. The van der Waals surface area contributed by atoms with Gasteiger partial charge in [0.2, 0.25) is 11.8 Å². The van der Waals surface area contributed by atoms with Crippen molar-refractivity contribution in [2.24, 2.45) is 5.92 Å². The topological polar surface area (TPSA) is 49.4 Å². The Balaban J connectivity index is 1.91. The number of hydrazine groups is 1. The second-order valence-electron chi connectivity index (χ2n) is 3.40. The third-order valence-electron chi connectivity index (χ3n) is 2.54. The molecule has 2 aliphatic rings. The minimum Gasteiger partial charge on any atom is -0.273 e. The normalized spacial score (nSPS) is 23.7. The first kappa shape index (κ1) is 7.58. The largest absolute Gasteiger partial charge is 0.273 e. The predicted octanol–water partition coefficient (Wildman–Crippen LogP) is 0.0500. The van der Waals surface area contributed by atoms with Crippen LogP contribution in [-0.2, 0) is 9.59 Å². The number of rotatable bonds is 1. The summed E-state index contributed by atoms with van der Waals surface area (Å²) < 4.78 is 0. The second kappa shape index (κ2) is 2.77. The van der Waals surface area contributed by atoms with E-state index in [9.17, 15) is 9.59 Å². The van der Waals surface area contributed by atoms with E-state index in [4.69, 9.17) is 0 Å². The van der Waals surface area contributed by atoms with Crippen LogP contribution in [0.2, 0.25) is 0 Å². The Bertz CT molecular complexity index is 223. The molecule has 2 rings (SSSR count). The van der Waals surface area contributed by atoms with E-state index in [-0.39, 0.29) is 17.7 Å². The molecule has 0 unspecified atom stereocenters. The number of nitrogens with one attached hydrogen (secondary N) is 1. The van der Waals surface area contributed by atoms with Crippen LogP contribution in [0.5, 0.6) is 0 Å². The van der Waals surface area contributed by atoms with Crippen LogP contribution < -0.4 is 5.43 Å². The van der Waals surface area contributed by atoms with Crippen LogP contribution in [0.25, 0.3) is 0 Å². The number of carbonyl (C=O) groups excluding carboxylic acids is 2. The lowest BCUT2D eigenvalue weighted by Gasteiger charge is -2.28. The first-order valence-corrected chi connectivity index (χ1v) is 4.38. The summed E-state index contributed by atoms with van der Waals surface area (Å²) in [7, 11) is 0. The zero-order valence-corrected chi connectivity index (χ0v) is 6.88. The maximum absolute atomic E-state index is 11.5. The molecule has 12 heavy (non-hydrogen) atoms. The first-order valence-electron chi connectivity index (χ1n) is 4.38. The maximum atomic E-state index is 11.5. The lowest BCUT2D eigenvalue weighted by atomic mass is 9.85. The Morgan fingerprint density at radius 1 is 1.50 bits per heavy atom. The summed E-state index contributed by atoms with van der Waals surface area (Å²) in [5.41, 5.74) is 2.55. The van der Waals surface area contributed by atoms with Gasteiger partial charge in [-0.05, 0) is 12.8 Å². The fourth-order valence-electron chi connectivity index (χ4n) is 1.52. The lowest BCUT2D eigenvalue weighted by Crippen LogP contribution is -2.43. The van der Waals surface area contributed by atoms with Gasteiger partial charge < -0.3 is 0 Å². The number of hydrogen-bond donors (Lipinski definition) is 1. The summed E-state index contributed by atoms with van der Waals surface area (Å²) >= 11 is 0. The Kier molecular flexibility index (Phi) is 1.75. The highest BCUT2D eigenvalue weighted by Gasteiger charge is 2.32. The summed E-state index contributed by atoms with van der Waals surface area (Å²) in [6.07, 6.45) is 3.59. The van der Waals surface area contributed by atoms with E-state index in [2.05, 4.69) is 5.43 Å². The third-order valence-corrected chi connectivity index (χ3v) is 2.54. The van der Waals surface area contributed by atoms with Crippen LogP contribution in [0.4, 0.5) is 0 Å². The molecule has 2 amide bonds. The van der Waals surface area contributed by atoms with Crippen molar-refractivity contribution in [1.29, 1.82) is 0 Å². The lowest BCUT2D eigenvalue weighted by molar-refractivity contribution is -0.142. The van der Waals surface area contributed by atoms with Crippen LogP contribution in [-0.4, -0.2) is 23.4 Å². The van der Waals surface area contributed by atoms with Crippen molar-refractivity contribution in [3.63, 3.8) is 0 Å². The highest BCUT2D eigenvalue weighted by Crippen LogP contribution is 2.28. The highest BCUT2D eigenvalue weighted by molar-refractivity contribution is 5.86. The van der Waals surface area contributed by atoms with Gasteiger partial charge in [-0.25, -0.2) is 0 Å². The van der Waals surface area contributed by atoms with Gasteiger partial charge in [0.05, 0.1) is 6.54 Å². The van der Waals surface area contributed by atoms with Gasteiger partial charge >= 0.3 is 0 Å². The quantitative estimate of drug-likeness (QED) is 0.601. The van der Waals surface area contributed by atoms with E-state index in [1.165, 1.54) is 5.01 Å². The SMILES string of the molecule is O=C1CCN(C(=O)C2CCC2)N1. The summed E-state index contributed by atoms with van der Waals surface area (Å²) in [5, 5.41) is 1.46. The molecule has 1 N–H and O–H groups in total. The van der Waals surface area contributed by atoms with E-state index in [0.717, 1.165) is 19.3 Å². The third kappa shape index (κ3) is 1.17. The standard InChI is InChI=1S/C8H12N2O2/c11-7-4-5-10(9-7)8(12)6-2-1-3-6/h6H,1-5H2,(H,9,11). The molecule has 2 fully saturated rings. The molecule has 0 aromatic rings. The molecule has 0 spiro atoms. The van der Waals surface area contributed by atoms with Gasteiger partial charge in [-0.15, -0.1) is 0 Å². The average molecular weight is 168 g/mol. The van der Waals surface area contributed by atoms with Crippen molar-refractivity contribution in [3.05, 3.63) is 0 Å². The average Bonchev–Trinajstić information content (AvgIpc) is 2.31. The maximum Gasteiger partial charge on any atom is 0.244 e. The van der Waals surface area contributed by atoms with Crippen molar-refractivity contribution in [1.82, 2.24) is 10.4 Å². The summed E-state index contributed by atoms with van der Waals surface area (Å²) in [6.45, 7) is 0.550. The smallest absolute Gasteiger partial charge is 0.244 e. The fourth-order valence-corrected chi connectivity index (χ4v) is 1.52. The van der Waals surface area contributed by atoms with E-state index >= 15 is 0 Å². The monoisotopic (exact) mass is 168 g/mol. The zero-order chi connectivity index (χ0) is 8.55. The Hall–Kier alpha value is -1.06. The molecule has 1 aliphatic heterocycles. The van der Waals surface area contributed by atoms with Crippen molar-refractivity contribution in [2.45, 2.75) is 25.7 Å². The molecule has 0 aromatic heterocycles. The van der Waals surface area contributed by atoms with Gasteiger partial charge in [-0.1, -0.05) is 6.42 Å². The van der Waals surface area contributed by atoms with E-state index in [1.54, 1.807) is 0 Å². The van der Waals surface area contributed by atoms with Gasteiger partial charge in [0, 0.05) is 12.3 Å². The molecule has 0 atom stereocenters. The number of nitrogens with zero attached hydrogens (tertiary/aromatic N) is 1. The van der Waals surface area contributed by atoms with Gasteiger partial charge in [0.15, 0.2) is 0 Å². The van der Waals surface area contributed by atoms with Crippen LogP contribution >= 0.6 is 0 Å². The molecule has 1 saturated heterocycles. The molecule has 4 nitrogen and oxygen atoms in total. The van der Waals surface area contributed by atoms with Crippen molar-refractivity contribution >= 4 is 11.8 Å². The second-order valence-corrected chi connectivity index (χ2v) is 3.40. The molecule has 4 heteroatoms. The van der Waals surface area contributed by atoms with Crippen molar-refractivity contribution < 1.29 is 9.59 Å². The molecule has 1 heterocycles. The van der Waals surface area contributed by atoms with E-state index < -0.39 is 0 Å². The summed E-state index contributed by atoms with van der Waals surface area (Å²) in [6, 6.07) is 0. The van der Waals surface area contributed by atoms with Crippen LogP contribution in [0.1, 0.15) is 25.7 Å². The number of amides is 2. The highest BCUT2D eigenvalue weighted by atomic mass is 16.2. The Labute approximate surface area is 70.9 Å². The molecular weight excluding hydrogens is 156 g/mol. The van der Waals surface area contributed by atoms with Gasteiger partial charge in [0.1, 0.15) is 0 Å². The van der Waals surface area contributed by atoms with Crippen LogP contribution in [0.15, 0.2) is 0 Å². The Morgan fingerprint density at radius 2 is 2.25 bits per heavy atom. The van der Waals surface area contributed by atoms with Crippen LogP contribution in [0, 0.1) is 5.92 Å². The Morgan fingerprint density at radius 3 is 2.67 bits per heavy atom. The summed E-state index contributed by atoms with van der Waals surface area (Å²) in [4.78, 5) is 22.3. The van der Waals surface area contributed by atoms with Gasteiger partial charge in [-0.2, -0.15) is 0 Å². The predicted molar refractivity (Wildman–Crippen MR) is 41.8 cm³/mol. The fraction of sp³-hybridized carbons (Fsp3) is 0.750. The minimum atomic E-state index is -0.0392. The number of carbonyl (C=O) groups is 2. The van der Waals surface area contributed by atoms with Gasteiger partial charge in [0.25, 0.3) is 0 Å². The van der Waals surface area contributed by atoms with E-state index in [1.807, 2.05) is 0 Å². The minimum absolute atomic E-state index is 0.0392. The zero-order valence-electron chi connectivity index (χ0n) is 6.88. The molecule has 0 aromatic carbocycles.